The molecule has 3 aromatic carbocycles. The van der Waals surface area contributed by atoms with Crippen LogP contribution in [0.25, 0.3) is 55.0 Å². The maximum absolute atomic E-state index is 11.4. The molecule has 0 unspecified atom stereocenters. The van der Waals surface area contributed by atoms with Gasteiger partial charge in [0.05, 0.1) is 11.0 Å². The second-order valence-corrected chi connectivity index (χ2v) is 7.71. The van der Waals surface area contributed by atoms with Gasteiger partial charge in [0.2, 0.25) is 0 Å². The zero-order chi connectivity index (χ0) is 20.9. The fourth-order valence-electron chi connectivity index (χ4n) is 4.66. The molecule has 3 heterocycles. The van der Waals surface area contributed by atoms with E-state index in [0.29, 0.717) is 5.56 Å². The van der Waals surface area contributed by atoms with Crippen LogP contribution in [0, 0.1) is 0 Å². The van der Waals surface area contributed by atoms with Crippen molar-refractivity contribution in [2.24, 2.45) is 0 Å². The van der Waals surface area contributed by atoms with E-state index < -0.39 is 0 Å². The van der Waals surface area contributed by atoms with E-state index in [-0.39, 0.29) is 0 Å². The highest BCUT2D eigenvalue weighted by Gasteiger charge is 2.22. The molecule has 0 aliphatic heterocycles. The first-order valence-electron chi connectivity index (χ1n) is 10.4. The van der Waals surface area contributed by atoms with Crippen molar-refractivity contribution in [1.29, 1.82) is 0 Å². The minimum absolute atomic E-state index is 0.634. The smallest absolute Gasteiger partial charge is 0.150 e. The third-order valence-corrected chi connectivity index (χ3v) is 6.00. The lowest BCUT2D eigenvalue weighted by atomic mass is 9.96. The molecular weight excluding hydrogens is 382 g/mol. The van der Waals surface area contributed by atoms with Crippen molar-refractivity contribution in [1.82, 2.24) is 14.5 Å². The molecule has 0 aliphatic rings. The number of aromatic nitrogens is 3. The summed E-state index contributed by atoms with van der Waals surface area (Å²) in [6.45, 7) is 2.87. The van der Waals surface area contributed by atoms with Crippen molar-refractivity contribution in [2.75, 3.05) is 0 Å². The van der Waals surface area contributed by atoms with E-state index >= 15 is 0 Å². The summed E-state index contributed by atoms with van der Waals surface area (Å²) in [6, 6.07) is 26.5. The molecule has 0 saturated heterocycles. The van der Waals surface area contributed by atoms with Gasteiger partial charge >= 0.3 is 0 Å². The molecule has 0 fully saturated rings. The Hall–Kier alpha value is -4.05. The van der Waals surface area contributed by atoms with Crippen molar-refractivity contribution >= 4 is 50.2 Å². The molecule has 31 heavy (non-hydrogen) atoms. The lowest BCUT2D eigenvalue weighted by molar-refractivity contribution is 0.112. The standard InChI is InChI=1S/C27H19N3O/c1-2-30-26-24(19-11-7-4-8-12-21(19)28-26)23(18-9-5-3-6-10-18)25-20-14-13-17(16-31)15-22(20)29-27(25)30/h3-16H,2H2,1H3. The van der Waals surface area contributed by atoms with Crippen LogP contribution in [0.1, 0.15) is 17.3 Å². The van der Waals surface area contributed by atoms with Gasteiger partial charge in [-0.3, -0.25) is 4.79 Å². The number of rotatable bonds is 3. The first kappa shape index (κ1) is 17.8. The molecule has 0 spiro atoms. The van der Waals surface area contributed by atoms with Crippen LogP contribution in [-0.4, -0.2) is 20.8 Å². The molecular formula is C27H19N3O. The van der Waals surface area contributed by atoms with Gasteiger partial charge in [-0.1, -0.05) is 66.7 Å². The highest BCUT2D eigenvalue weighted by Crippen LogP contribution is 2.43. The van der Waals surface area contributed by atoms with Gasteiger partial charge in [-0.25, -0.2) is 9.97 Å². The first-order valence-corrected chi connectivity index (χ1v) is 10.4. The van der Waals surface area contributed by atoms with Gasteiger partial charge in [0, 0.05) is 39.2 Å². The molecule has 0 N–H and O–H groups in total. The Kier molecular flexibility index (Phi) is 3.87. The Balaban J connectivity index is 1.95. The van der Waals surface area contributed by atoms with Gasteiger partial charge in [0.15, 0.2) is 0 Å². The van der Waals surface area contributed by atoms with Gasteiger partial charge in [-0.2, -0.15) is 0 Å². The molecule has 0 saturated carbocycles. The summed E-state index contributed by atoms with van der Waals surface area (Å²) < 4.78 is 2.19. The summed E-state index contributed by atoms with van der Waals surface area (Å²) in [7, 11) is 0. The maximum Gasteiger partial charge on any atom is 0.150 e. The Morgan fingerprint density at radius 3 is 2.13 bits per heavy atom. The summed E-state index contributed by atoms with van der Waals surface area (Å²) in [6.07, 6.45) is 0.871. The molecule has 3 aromatic heterocycles. The number of hydrogen-bond donors (Lipinski definition) is 0. The molecule has 148 valence electrons. The van der Waals surface area contributed by atoms with E-state index in [2.05, 4.69) is 54.0 Å². The second kappa shape index (κ2) is 6.74. The molecule has 0 aliphatic carbocycles. The largest absolute Gasteiger partial charge is 0.310 e. The van der Waals surface area contributed by atoms with Gasteiger partial charge in [-0.05, 0) is 24.6 Å². The van der Waals surface area contributed by atoms with Gasteiger partial charge in [-0.15, -0.1) is 0 Å². The van der Waals surface area contributed by atoms with E-state index in [1.807, 2.05) is 36.4 Å². The number of carbonyl (C=O) groups is 1. The van der Waals surface area contributed by atoms with Crippen molar-refractivity contribution in [3.8, 4) is 11.1 Å². The Morgan fingerprint density at radius 1 is 0.774 bits per heavy atom. The topological polar surface area (TPSA) is 47.8 Å². The van der Waals surface area contributed by atoms with Gasteiger partial charge in [0.25, 0.3) is 0 Å². The molecule has 0 bridgehead atoms. The van der Waals surface area contributed by atoms with Crippen LogP contribution in [0.2, 0.25) is 0 Å². The fraction of sp³-hybridized carbons (Fsp3) is 0.0741. The highest BCUT2D eigenvalue weighted by molar-refractivity contribution is 6.25. The average Bonchev–Trinajstić information content (AvgIpc) is 3.26. The third-order valence-electron chi connectivity index (χ3n) is 6.00. The second-order valence-electron chi connectivity index (χ2n) is 7.71. The Labute approximate surface area is 178 Å². The van der Waals surface area contributed by atoms with Crippen molar-refractivity contribution in [3.05, 3.63) is 84.4 Å². The van der Waals surface area contributed by atoms with Gasteiger partial charge < -0.3 is 4.57 Å². The van der Waals surface area contributed by atoms with Crippen LogP contribution in [0.4, 0.5) is 0 Å². The van der Waals surface area contributed by atoms with E-state index in [4.69, 9.17) is 9.97 Å². The van der Waals surface area contributed by atoms with E-state index in [9.17, 15) is 4.79 Å². The first-order chi connectivity index (χ1) is 15.3. The minimum atomic E-state index is 0.634. The monoisotopic (exact) mass is 401 g/mol. The highest BCUT2D eigenvalue weighted by atomic mass is 16.1. The molecule has 6 aromatic rings. The van der Waals surface area contributed by atoms with Crippen LogP contribution < -0.4 is 0 Å². The predicted molar refractivity (Wildman–Crippen MR) is 127 cm³/mol. The quantitative estimate of drug-likeness (QED) is 0.323. The summed E-state index contributed by atoms with van der Waals surface area (Å²) in [5, 5.41) is 4.43. The number of pyridine rings is 1. The summed E-state index contributed by atoms with van der Waals surface area (Å²) in [5.74, 6) is 0. The number of aryl methyl sites for hydroxylation is 1. The molecule has 6 rings (SSSR count). The molecule has 0 atom stereocenters. The third kappa shape index (κ3) is 2.51. The van der Waals surface area contributed by atoms with E-state index in [1.165, 1.54) is 0 Å². The Morgan fingerprint density at radius 2 is 1.42 bits per heavy atom. The minimum Gasteiger partial charge on any atom is -0.310 e. The number of benzene rings is 2. The zero-order valence-electron chi connectivity index (χ0n) is 17.0. The number of fused-ring (bicyclic) bond motifs is 6. The zero-order valence-corrected chi connectivity index (χ0v) is 17.0. The van der Waals surface area contributed by atoms with Crippen molar-refractivity contribution in [3.63, 3.8) is 0 Å². The normalized spacial score (nSPS) is 11.6. The molecule has 0 radical (unpaired) electrons. The van der Waals surface area contributed by atoms with Crippen LogP contribution in [-0.2, 0) is 6.54 Å². The Bertz CT molecular complexity index is 1630. The average molecular weight is 401 g/mol. The summed E-state index contributed by atoms with van der Waals surface area (Å²) in [4.78, 5) is 21.4. The van der Waals surface area contributed by atoms with Gasteiger partial charge in [0.1, 0.15) is 17.6 Å². The van der Waals surface area contributed by atoms with E-state index in [1.54, 1.807) is 0 Å². The van der Waals surface area contributed by atoms with Crippen molar-refractivity contribution < 1.29 is 4.79 Å². The van der Waals surface area contributed by atoms with E-state index in [0.717, 1.165) is 67.8 Å². The number of carbonyl (C=O) groups excluding carboxylic acids is 1. The van der Waals surface area contributed by atoms with Crippen molar-refractivity contribution in [2.45, 2.75) is 13.5 Å². The lowest BCUT2D eigenvalue weighted by Gasteiger charge is -2.13. The predicted octanol–water partition coefficient (Wildman–Crippen LogP) is 6.39. The number of hydrogen-bond acceptors (Lipinski definition) is 3. The number of aldehydes is 1. The lowest BCUT2D eigenvalue weighted by Crippen LogP contribution is -2.01. The molecule has 0 amide bonds. The number of nitrogens with zero attached hydrogens (tertiary/aromatic N) is 3. The molecule has 4 heteroatoms. The SMILES string of the molecule is CCn1c2nc3cccccc3c2c(-c2ccccc2)c2c3ccc(C=O)cc3nc21. The maximum atomic E-state index is 11.4. The van der Waals surface area contributed by atoms with Crippen LogP contribution in [0.3, 0.4) is 0 Å². The fourth-order valence-corrected chi connectivity index (χ4v) is 4.66. The van der Waals surface area contributed by atoms with Crippen LogP contribution in [0.15, 0.2) is 78.9 Å². The van der Waals surface area contributed by atoms with Crippen LogP contribution in [0.5, 0.6) is 0 Å². The summed E-state index contributed by atoms with van der Waals surface area (Å²) >= 11 is 0. The van der Waals surface area contributed by atoms with Crippen LogP contribution >= 0.6 is 0 Å². The molecule has 4 nitrogen and oxygen atoms in total. The summed E-state index contributed by atoms with van der Waals surface area (Å²) in [5.41, 5.74) is 6.56.